The van der Waals surface area contributed by atoms with Gasteiger partial charge in [-0.1, -0.05) is 30.3 Å². The van der Waals surface area contributed by atoms with Crippen molar-refractivity contribution < 1.29 is 27.8 Å². The number of methoxy groups -OCH3 is 1. The maximum absolute atomic E-state index is 13.3. The summed E-state index contributed by atoms with van der Waals surface area (Å²) in [6.07, 6.45) is -4.86. The molecule has 6 heteroatoms. The van der Waals surface area contributed by atoms with E-state index in [1.807, 2.05) is 0 Å². The van der Waals surface area contributed by atoms with Gasteiger partial charge in [-0.15, -0.1) is 0 Å². The first kappa shape index (κ1) is 16.2. The fraction of sp³-hybridized carbons (Fsp3) is 0.250. The number of benzene rings is 2. The largest absolute Gasteiger partial charge is 0.497 e. The van der Waals surface area contributed by atoms with Gasteiger partial charge in [-0.05, 0) is 29.8 Å². The third kappa shape index (κ3) is 3.33. The predicted octanol–water partition coefficient (Wildman–Crippen LogP) is 3.52. The summed E-state index contributed by atoms with van der Waals surface area (Å²) in [7, 11) is 1.48. The lowest BCUT2D eigenvalue weighted by molar-refractivity contribution is -0.275. The number of hydrogen-bond acceptors (Lipinski definition) is 3. The molecule has 0 aliphatic carbocycles. The summed E-state index contributed by atoms with van der Waals surface area (Å²) < 4.78 is 49.9. The highest BCUT2D eigenvalue weighted by Crippen LogP contribution is 2.39. The Hall–Kier alpha value is -2.21. The van der Waals surface area contributed by atoms with E-state index in [4.69, 9.17) is 9.47 Å². The highest BCUT2D eigenvalue weighted by molar-refractivity contribution is 5.32. The van der Waals surface area contributed by atoms with Crippen molar-refractivity contribution in [3.05, 3.63) is 60.2 Å². The SMILES string of the molecule is COc1ccc(OCC(O)(c2ccccc2)C(F)(F)F)cc1. The van der Waals surface area contributed by atoms with Crippen molar-refractivity contribution in [1.29, 1.82) is 0 Å². The van der Waals surface area contributed by atoms with Gasteiger partial charge in [-0.25, -0.2) is 0 Å². The van der Waals surface area contributed by atoms with E-state index < -0.39 is 18.4 Å². The van der Waals surface area contributed by atoms with Gasteiger partial charge in [-0.3, -0.25) is 0 Å². The van der Waals surface area contributed by atoms with E-state index in [0.717, 1.165) is 0 Å². The zero-order valence-electron chi connectivity index (χ0n) is 11.8. The second kappa shape index (κ2) is 6.27. The van der Waals surface area contributed by atoms with E-state index in [9.17, 15) is 18.3 Å². The quantitative estimate of drug-likeness (QED) is 0.918. The van der Waals surface area contributed by atoms with Crippen LogP contribution >= 0.6 is 0 Å². The lowest BCUT2D eigenvalue weighted by Crippen LogP contribution is -2.47. The van der Waals surface area contributed by atoms with Gasteiger partial charge in [-0.2, -0.15) is 13.2 Å². The van der Waals surface area contributed by atoms with Gasteiger partial charge in [0.15, 0.2) is 0 Å². The molecule has 2 rings (SSSR count). The highest BCUT2D eigenvalue weighted by atomic mass is 19.4. The van der Waals surface area contributed by atoms with Crippen LogP contribution in [0.2, 0.25) is 0 Å². The Morgan fingerprint density at radius 1 is 0.909 bits per heavy atom. The van der Waals surface area contributed by atoms with E-state index in [2.05, 4.69) is 0 Å². The zero-order chi connectivity index (χ0) is 16.2. The topological polar surface area (TPSA) is 38.7 Å². The third-order valence-corrected chi connectivity index (χ3v) is 3.23. The van der Waals surface area contributed by atoms with E-state index >= 15 is 0 Å². The summed E-state index contributed by atoms with van der Waals surface area (Å²) in [5.41, 5.74) is -3.34. The van der Waals surface area contributed by atoms with Gasteiger partial charge in [0.2, 0.25) is 5.60 Å². The third-order valence-electron chi connectivity index (χ3n) is 3.23. The van der Waals surface area contributed by atoms with Gasteiger partial charge in [0.25, 0.3) is 0 Å². The van der Waals surface area contributed by atoms with Crippen molar-refractivity contribution in [2.24, 2.45) is 0 Å². The Bertz CT molecular complexity index is 596. The van der Waals surface area contributed by atoms with Crippen LogP contribution in [0, 0.1) is 0 Å². The zero-order valence-corrected chi connectivity index (χ0v) is 11.8. The van der Waals surface area contributed by atoms with Crippen LogP contribution in [0.5, 0.6) is 11.5 Å². The molecule has 0 bridgehead atoms. The van der Waals surface area contributed by atoms with Gasteiger partial charge in [0.1, 0.15) is 18.1 Å². The van der Waals surface area contributed by atoms with Gasteiger partial charge in [0, 0.05) is 0 Å². The Labute approximate surface area is 125 Å². The number of ether oxygens (including phenoxy) is 2. The van der Waals surface area contributed by atoms with Gasteiger partial charge >= 0.3 is 6.18 Å². The number of aliphatic hydroxyl groups is 1. The molecular formula is C16H15F3O3. The fourth-order valence-corrected chi connectivity index (χ4v) is 1.90. The first-order chi connectivity index (χ1) is 10.4. The fourth-order valence-electron chi connectivity index (χ4n) is 1.90. The molecule has 0 amide bonds. The molecule has 22 heavy (non-hydrogen) atoms. The molecule has 0 saturated heterocycles. The summed E-state index contributed by atoms with van der Waals surface area (Å²) in [5.74, 6) is 0.765. The molecule has 2 aromatic carbocycles. The maximum Gasteiger partial charge on any atom is 0.424 e. The van der Waals surface area contributed by atoms with Crippen LogP contribution in [0.25, 0.3) is 0 Å². The maximum atomic E-state index is 13.3. The van der Waals surface area contributed by atoms with Crippen molar-refractivity contribution in [2.45, 2.75) is 11.8 Å². The normalized spacial score (nSPS) is 14.2. The van der Waals surface area contributed by atoms with E-state index in [1.165, 1.54) is 43.5 Å². The van der Waals surface area contributed by atoms with Gasteiger partial charge in [0.05, 0.1) is 7.11 Å². The average molecular weight is 312 g/mol. The molecule has 0 radical (unpaired) electrons. The Kier molecular flexibility index (Phi) is 4.61. The van der Waals surface area contributed by atoms with Crippen LogP contribution in [0.15, 0.2) is 54.6 Å². The van der Waals surface area contributed by atoms with Crippen LogP contribution in [0.4, 0.5) is 13.2 Å². The molecule has 0 fully saturated rings. The minimum atomic E-state index is -4.86. The first-order valence-electron chi connectivity index (χ1n) is 6.48. The molecule has 0 heterocycles. The minimum absolute atomic E-state index is 0.208. The highest BCUT2D eigenvalue weighted by Gasteiger charge is 2.55. The van der Waals surface area contributed by atoms with Crippen molar-refractivity contribution in [1.82, 2.24) is 0 Å². The summed E-state index contributed by atoms with van der Waals surface area (Å²) in [5, 5.41) is 10.1. The molecule has 3 nitrogen and oxygen atoms in total. The molecule has 0 aliphatic rings. The number of alkyl halides is 3. The van der Waals surface area contributed by atoms with Crippen molar-refractivity contribution in [3.63, 3.8) is 0 Å². The van der Waals surface area contributed by atoms with Crippen LogP contribution in [0.3, 0.4) is 0 Å². The first-order valence-corrected chi connectivity index (χ1v) is 6.48. The lowest BCUT2D eigenvalue weighted by Gasteiger charge is -2.30. The van der Waals surface area contributed by atoms with Crippen LogP contribution < -0.4 is 9.47 Å². The van der Waals surface area contributed by atoms with Gasteiger partial charge < -0.3 is 14.6 Å². The van der Waals surface area contributed by atoms with Crippen LogP contribution in [-0.2, 0) is 5.60 Å². The molecule has 1 N–H and O–H groups in total. The molecule has 0 aromatic heterocycles. The molecule has 0 spiro atoms. The van der Waals surface area contributed by atoms with E-state index in [1.54, 1.807) is 18.2 Å². The van der Waals surface area contributed by atoms with Crippen molar-refractivity contribution in [2.75, 3.05) is 13.7 Å². The van der Waals surface area contributed by atoms with E-state index in [-0.39, 0.29) is 11.3 Å². The standard InChI is InChI=1S/C16H15F3O3/c1-21-13-7-9-14(10-8-13)22-11-15(20,16(17,18)19)12-5-3-2-4-6-12/h2-10,20H,11H2,1H3. The predicted molar refractivity (Wildman–Crippen MR) is 74.9 cm³/mol. The summed E-state index contributed by atoms with van der Waals surface area (Å²) >= 11 is 0. The number of hydrogen-bond donors (Lipinski definition) is 1. The summed E-state index contributed by atoms with van der Waals surface area (Å²) in [6, 6.07) is 12.9. The molecular weight excluding hydrogens is 297 g/mol. The minimum Gasteiger partial charge on any atom is -0.497 e. The lowest BCUT2D eigenvalue weighted by atomic mass is 9.94. The van der Waals surface area contributed by atoms with Crippen molar-refractivity contribution >= 4 is 0 Å². The second-order valence-electron chi connectivity index (χ2n) is 4.69. The molecule has 2 aromatic rings. The van der Waals surface area contributed by atoms with Crippen LogP contribution in [-0.4, -0.2) is 25.0 Å². The molecule has 0 saturated carbocycles. The van der Waals surface area contributed by atoms with E-state index in [0.29, 0.717) is 5.75 Å². The Balaban J connectivity index is 2.21. The Morgan fingerprint density at radius 3 is 1.95 bits per heavy atom. The number of halogens is 3. The second-order valence-corrected chi connectivity index (χ2v) is 4.69. The Morgan fingerprint density at radius 2 is 1.45 bits per heavy atom. The smallest absolute Gasteiger partial charge is 0.424 e. The monoisotopic (exact) mass is 312 g/mol. The molecule has 1 atom stereocenters. The average Bonchev–Trinajstić information content (AvgIpc) is 2.53. The van der Waals surface area contributed by atoms with Crippen LogP contribution in [0.1, 0.15) is 5.56 Å². The summed E-state index contributed by atoms with van der Waals surface area (Å²) in [6.45, 7) is -0.938. The molecule has 118 valence electrons. The molecule has 1 unspecified atom stereocenters. The number of rotatable bonds is 5. The summed E-state index contributed by atoms with van der Waals surface area (Å²) in [4.78, 5) is 0. The molecule has 0 aliphatic heterocycles. The van der Waals surface area contributed by atoms with Crippen molar-refractivity contribution in [3.8, 4) is 11.5 Å².